The van der Waals surface area contributed by atoms with Gasteiger partial charge in [0.1, 0.15) is 0 Å². The standard InChI is InChI=1S/C32H39N3/c1-33-24-30(22-26-12-4-2-5-13-26)35-25-31(23-27-14-6-3-7-15-27)34-21-11-19-29-18-10-17-28-16-8-9-20-32(28)29/h2-10,12-18,20,30-31,33-35H,11,19,21-25H2,1H3/t30-,31-/m0/s1. The van der Waals surface area contributed by atoms with Gasteiger partial charge >= 0.3 is 0 Å². The van der Waals surface area contributed by atoms with Crippen LogP contribution < -0.4 is 16.0 Å². The second-order valence-electron chi connectivity index (χ2n) is 9.44. The molecule has 182 valence electrons. The van der Waals surface area contributed by atoms with E-state index in [0.29, 0.717) is 12.1 Å². The van der Waals surface area contributed by atoms with Gasteiger partial charge in [-0.3, -0.25) is 0 Å². The topological polar surface area (TPSA) is 36.1 Å². The van der Waals surface area contributed by atoms with Gasteiger partial charge < -0.3 is 16.0 Å². The lowest BCUT2D eigenvalue weighted by molar-refractivity contribution is 0.415. The molecule has 0 aliphatic rings. The Kier molecular flexibility index (Phi) is 9.90. The van der Waals surface area contributed by atoms with Gasteiger partial charge in [-0.1, -0.05) is 103 Å². The lowest BCUT2D eigenvalue weighted by Gasteiger charge is -2.24. The molecule has 2 atom stereocenters. The first kappa shape index (κ1) is 25.1. The third-order valence-corrected chi connectivity index (χ3v) is 6.69. The molecule has 3 heteroatoms. The minimum Gasteiger partial charge on any atom is -0.318 e. The van der Waals surface area contributed by atoms with Crippen molar-refractivity contribution in [1.82, 2.24) is 16.0 Å². The molecule has 4 aromatic rings. The molecule has 0 radical (unpaired) electrons. The van der Waals surface area contributed by atoms with Crippen LogP contribution in [0.1, 0.15) is 23.1 Å². The maximum absolute atomic E-state index is 3.86. The molecule has 0 unspecified atom stereocenters. The van der Waals surface area contributed by atoms with Crippen LogP contribution in [-0.2, 0) is 19.3 Å². The van der Waals surface area contributed by atoms with Crippen LogP contribution in [0.15, 0.2) is 103 Å². The van der Waals surface area contributed by atoms with Crippen LogP contribution in [0.5, 0.6) is 0 Å². The summed E-state index contributed by atoms with van der Waals surface area (Å²) in [4.78, 5) is 0. The highest BCUT2D eigenvalue weighted by molar-refractivity contribution is 5.85. The van der Waals surface area contributed by atoms with Crippen molar-refractivity contribution in [2.24, 2.45) is 0 Å². The van der Waals surface area contributed by atoms with Gasteiger partial charge in [0.25, 0.3) is 0 Å². The van der Waals surface area contributed by atoms with Gasteiger partial charge in [-0.05, 0) is 66.7 Å². The Morgan fingerprint density at radius 2 is 1.20 bits per heavy atom. The second kappa shape index (κ2) is 13.8. The minimum atomic E-state index is 0.389. The van der Waals surface area contributed by atoms with Gasteiger partial charge in [-0.25, -0.2) is 0 Å². The molecule has 0 aliphatic carbocycles. The number of hydrogen-bond donors (Lipinski definition) is 3. The lowest BCUT2D eigenvalue weighted by Crippen LogP contribution is -2.47. The maximum atomic E-state index is 3.86. The minimum absolute atomic E-state index is 0.389. The van der Waals surface area contributed by atoms with Crippen molar-refractivity contribution in [1.29, 1.82) is 0 Å². The number of rotatable bonds is 14. The molecule has 3 N–H and O–H groups in total. The van der Waals surface area contributed by atoms with E-state index in [9.17, 15) is 0 Å². The van der Waals surface area contributed by atoms with Crippen LogP contribution >= 0.6 is 0 Å². The lowest BCUT2D eigenvalue weighted by atomic mass is 10.0. The zero-order valence-electron chi connectivity index (χ0n) is 20.9. The molecule has 4 aromatic carbocycles. The van der Waals surface area contributed by atoms with Crippen LogP contribution in [0.2, 0.25) is 0 Å². The average Bonchev–Trinajstić information content (AvgIpc) is 2.91. The van der Waals surface area contributed by atoms with Gasteiger partial charge in [-0.2, -0.15) is 0 Å². The van der Waals surface area contributed by atoms with Crippen molar-refractivity contribution in [2.75, 3.05) is 26.7 Å². The van der Waals surface area contributed by atoms with Crippen LogP contribution in [0, 0.1) is 0 Å². The summed E-state index contributed by atoms with van der Waals surface area (Å²) in [6.45, 7) is 2.91. The maximum Gasteiger partial charge on any atom is 0.0233 e. The van der Waals surface area contributed by atoms with E-state index >= 15 is 0 Å². The normalized spacial score (nSPS) is 13.1. The number of likely N-dealkylation sites (N-methyl/N-ethyl adjacent to an activating group) is 1. The van der Waals surface area contributed by atoms with E-state index in [4.69, 9.17) is 0 Å². The van der Waals surface area contributed by atoms with E-state index in [0.717, 1.165) is 45.3 Å². The van der Waals surface area contributed by atoms with Gasteiger partial charge in [0.2, 0.25) is 0 Å². The predicted molar refractivity (Wildman–Crippen MR) is 150 cm³/mol. The summed E-state index contributed by atoms with van der Waals surface area (Å²) >= 11 is 0. The van der Waals surface area contributed by atoms with Gasteiger partial charge in [-0.15, -0.1) is 0 Å². The summed E-state index contributed by atoms with van der Waals surface area (Å²) in [6, 6.07) is 37.8. The van der Waals surface area contributed by atoms with E-state index in [1.807, 2.05) is 7.05 Å². The van der Waals surface area contributed by atoms with Crippen LogP contribution in [0.4, 0.5) is 0 Å². The van der Waals surface area contributed by atoms with Gasteiger partial charge in [0.15, 0.2) is 0 Å². The van der Waals surface area contributed by atoms with Crippen LogP contribution in [0.25, 0.3) is 10.8 Å². The molecular weight excluding hydrogens is 426 g/mol. The average molecular weight is 466 g/mol. The van der Waals surface area contributed by atoms with Crippen molar-refractivity contribution >= 4 is 10.8 Å². The Morgan fingerprint density at radius 1 is 0.600 bits per heavy atom. The highest BCUT2D eigenvalue weighted by Crippen LogP contribution is 2.19. The SMILES string of the molecule is CNC[C@H](Cc1ccccc1)NC[C@H](Cc1ccccc1)NCCCc1cccc2ccccc12. The second-order valence-corrected chi connectivity index (χ2v) is 9.44. The first-order valence-corrected chi connectivity index (χ1v) is 13.0. The molecule has 0 saturated heterocycles. The zero-order chi connectivity index (χ0) is 24.1. The smallest absolute Gasteiger partial charge is 0.0233 e. The summed E-state index contributed by atoms with van der Waals surface area (Å²) in [5.74, 6) is 0. The molecule has 0 spiro atoms. The molecule has 35 heavy (non-hydrogen) atoms. The van der Waals surface area contributed by atoms with E-state index in [1.165, 1.54) is 27.5 Å². The molecule has 0 aliphatic heterocycles. The third-order valence-electron chi connectivity index (χ3n) is 6.69. The molecule has 3 nitrogen and oxygen atoms in total. The van der Waals surface area contributed by atoms with Crippen LogP contribution in [-0.4, -0.2) is 38.8 Å². The molecule has 0 fully saturated rings. The van der Waals surface area contributed by atoms with Crippen molar-refractivity contribution < 1.29 is 0 Å². The fourth-order valence-electron chi connectivity index (χ4n) is 4.88. The van der Waals surface area contributed by atoms with E-state index < -0.39 is 0 Å². The van der Waals surface area contributed by atoms with Gasteiger partial charge in [0, 0.05) is 25.2 Å². The molecule has 0 saturated carbocycles. The first-order chi connectivity index (χ1) is 17.3. The predicted octanol–water partition coefficient (Wildman–Crippen LogP) is 5.39. The number of nitrogens with one attached hydrogen (secondary N) is 3. The number of fused-ring (bicyclic) bond motifs is 1. The Morgan fingerprint density at radius 3 is 1.89 bits per heavy atom. The largest absolute Gasteiger partial charge is 0.318 e. The number of aryl methyl sites for hydroxylation is 1. The quantitative estimate of drug-likeness (QED) is 0.218. The van der Waals surface area contributed by atoms with Gasteiger partial charge in [0.05, 0.1) is 0 Å². The number of benzene rings is 4. The highest BCUT2D eigenvalue weighted by atomic mass is 15.0. The highest BCUT2D eigenvalue weighted by Gasteiger charge is 2.14. The zero-order valence-corrected chi connectivity index (χ0v) is 20.9. The summed E-state index contributed by atoms with van der Waals surface area (Å²) < 4.78 is 0. The Bertz CT molecular complexity index is 1120. The van der Waals surface area contributed by atoms with Crippen molar-refractivity contribution in [3.8, 4) is 0 Å². The summed E-state index contributed by atoms with van der Waals surface area (Å²) in [5.41, 5.74) is 4.21. The Hall–Kier alpha value is -2.98. The van der Waals surface area contributed by atoms with Crippen molar-refractivity contribution in [2.45, 2.75) is 37.8 Å². The molecule has 4 rings (SSSR count). The molecule has 0 amide bonds. The summed E-state index contributed by atoms with van der Waals surface area (Å²) in [6.07, 6.45) is 4.28. The fourth-order valence-corrected chi connectivity index (χ4v) is 4.88. The molecule has 0 aromatic heterocycles. The van der Waals surface area contributed by atoms with E-state index in [1.54, 1.807) is 0 Å². The summed E-state index contributed by atoms with van der Waals surface area (Å²) in [7, 11) is 2.03. The number of hydrogen-bond acceptors (Lipinski definition) is 3. The summed E-state index contributed by atoms with van der Waals surface area (Å²) in [5, 5.41) is 13.8. The van der Waals surface area contributed by atoms with E-state index in [2.05, 4.69) is 119 Å². The molecule has 0 heterocycles. The van der Waals surface area contributed by atoms with E-state index in [-0.39, 0.29) is 0 Å². The fraction of sp³-hybridized carbons (Fsp3) is 0.312. The van der Waals surface area contributed by atoms with Crippen LogP contribution in [0.3, 0.4) is 0 Å². The van der Waals surface area contributed by atoms with Crippen molar-refractivity contribution in [3.05, 3.63) is 120 Å². The molecular formula is C32H39N3. The molecule has 0 bridgehead atoms. The van der Waals surface area contributed by atoms with Crippen molar-refractivity contribution in [3.63, 3.8) is 0 Å². The first-order valence-electron chi connectivity index (χ1n) is 13.0. The Balaban J connectivity index is 1.33. The third kappa shape index (κ3) is 8.03. The monoisotopic (exact) mass is 465 g/mol. The Labute approximate surface area is 211 Å².